The molecule has 16 heavy (non-hydrogen) atoms. The van der Waals surface area contributed by atoms with E-state index in [1.807, 2.05) is 13.8 Å². The summed E-state index contributed by atoms with van der Waals surface area (Å²) in [6.07, 6.45) is 0. The number of ether oxygens (including phenoxy) is 1. The van der Waals surface area contributed by atoms with Crippen molar-refractivity contribution < 1.29 is 9.66 Å². The molecule has 1 heterocycles. The molecule has 1 aromatic carbocycles. The Labute approximate surface area is 92.5 Å². The number of nitrogens with zero attached hydrogens (tertiary/aromatic N) is 1. The van der Waals surface area contributed by atoms with E-state index in [9.17, 15) is 10.1 Å². The molecule has 0 aromatic heterocycles. The molecule has 0 unspecified atom stereocenters. The molecule has 0 amide bonds. The van der Waals surface area contributed by atoms with E-state index in [1.165, 1.54) is 12.1 Å². The first kappa shape index (κ1) is 10.5. The van der Waals surface area contributed by atoms with Gasteiger partial charge in [-0.1, -0.05) is 0 Å². The second-order valence-corrected chi connectivity index (χ2v) is 4.46. The molecule has 0 bridgehead atoms. The molecule has 0 saturated heterocycles. The van der Waals surface area contributed by atoms with Crippen LogP contribution in [0.15, 0.2) is 12.1 Å². The Hall–Kier alpha value is -1.98. The molecule has 0 aliphatic carbocycles. The normalized spacial score (nSPS) is 16.9. The van der Waals surface area contributed by atoms with Crippen molar-refractivity contribution in [2.45, 2.75) is 19.4 Å². The third-order valence-corrected chi connectivity index (χ3v) is 2.38. The van der Waals surface area contributed by atoms with E-state index in [0.29, 0.717) is 23.7 Å². The predicted octanol–water partition coefficient (Wildman–Crippen LogP) is 1.76. The summed E-state index contributed by atoms with van der Waals surface area (Å²) in [6.45, 7) is 4.38. The largest absolute Gasteiger partial charge is 0.489 e. The summed E-state index contributed by atoms with van der Waals surface area (Å²) in [5.74, 6) is 0.436. The summed E-state index contributed by atoms with van der Waals surface area (Å²) < 4.78 is 5.46. The van der Waals surface area contributed by atoms with Gasteiger partial charge in [-0.3, -0.25) is 10.1 Å². The van der Waals surface area contributed by atoms with Crippen LogP contribution in [0.3, 0.4) is 0 Å². The Morgan fingerprint density at radius 2 is 2.25 bits per heavy atom. The number of anilines is 2. The number of nitro groups is 1. The highest BCUT2D eigenvalue weighted by Gasteiger charge is 2.28. The zero-order chi connectivity index (χ0) is 11.9. The smallest absolute Gasteiger partial charge is 0.275 e. The molecular formula is C10H13N3O3. The molecule has 6 nitrogen and oxygen atoms in total. The topological polar surface area (TPSA) is 90.4 Å². The number of fused-ring (bicyclic) bond motifs is 1. The van der Waals surface area contributed by atoms with Gasteiger partial charge in [0.1, 0.15) is 12.3 Å². The number of nitrogens with two attached hydrogens (primary N) is 1. The van der Waals surface area contributed by atoms with Gasteiger partial charge in [-0.15, -0.1) is 0 Å². The van der Waals surface area contributed by atoms with Crippen LogP contribution in [0.2, 0.25) is 0 Å². The van der Waals surface area contributed by atoms with Crippen molar-refractivity contribution in [2.75, 3.05) is 17.7 Å². The van der Waals surface area contributed by atoms with E-state index in [0.717, 1.165) is 0 Å². The zero-order valence-corrected chi connectivity index (χ0v) is 9.11. The molecule has 6 heteroatoms. The third kappa shape index (κ3) is 1.73. The summed E-state index contributed by atoms with van der Waals surface area (Å²) in [5.41, 5.74) is 6.43. The van der Waals surface area contributed by atoms with Crippen LogP contribution >= 0.6 is 0 Å². The molecule has 0 saturated carbocycles. The lowest BCUT2D eigenvalue weighted by molar-refractivity contribution is -0.384. The van der Waals surface area contributed by atoms with Gasteiger partial charge >= 0.3 is 0 Å². The van der Waals surface area contributed by atoms with E-state index in [-0.39, 0.29) is 11.2 Å². The highest BCUT2D eigenvalue weighted by atomic mass is 16.6. The number of hydrogen-bond donors (Lipinski definition) is 2. The fraction of sp³-hybridized carbons (Fsp3) is 0.400. The van der Waals surface area contributed by atoms with Crippen LogP contribution in [0.25, 0.3) is 0 Å². The Morgan fingerprint density at radius 1 is 1.56 bits per heavy atom. The van der Waals surface area contributed by atoms with Crippen LogP contribution in [0, 0.1) is 10.1 Å². The Bertz CT molecular complexity index is 457. The molecule has 0 spiro atoms. The minimum Gasteiger partial charge on any atom is -0.489 e. The van der Waals surface area contributed by atoms with E-state index < -0.39 is 4.92 Å². The van der Waals surface area contributed by atoms with Crippen molar-refractivity contribution >= 4 is 17.1 Å². The quantitative estimate of drug-likeness (QED) is 0.430. The summed E-state index contributed by atoms with van der Waals surface area (Å²) in [4.78, 5) is 10.2. The van der Waals surface area contributed by atoms with Crippen LogP contribution in [0.1, 0.15) is 13.8 Å². The van der Waals surface area contributed by atoms with Gasteiger partial charge in [0.15, 0.2) is 5.75 Å². The van der Waals surface area contributed by atoms with Crippen molar-refractivity contribution in [3.63, 3.8) is 0 Å². The van der Waals surface area contributed by atoms with Crippen molar-refractivity contribution in [1.29, 1.82) is 0 Å². The first-order chi connectivity index (χ1) is 7.39. The summed E-state index contributed by atoms with van der Waals surface area (Å²) >= 11 is 0. The number of nitrogen functional groups attached to an aromatic ring is 1. The Kier molecular flexibility index (Phi) is 2.15. The van der Waals surface area contributed by atoms with Crippen molar-refractivity contribution in [3.05, 3.63) is 22.2 Å². The second kappa shape index (κ2) is 3.26. The first-order valence-corrected chi connectivity index (χ1v) is 4.88. The first-order valence-electron chi connectivity index (χ1n) is 4.88. The van der Waals surface area contributed by atoms with Crippen LogP contribution in [0.4, 0.5) is 17.1 Å². The van der Waals surface area contributed by atoms with Crippen LogP contribution in [-0.4, -0.2) is 17.1 Å². The molecule has 1 aromatic rings. The average molecular weight is 223 g/mol. The van der Waals surface area contributed by atoms with E-state index in [1.54, 1.807) is 0 Å². The Morgan fingerprint density at radius 3 is 2.88 bits per heavy atom. The van der Waals surface area contributed by atoms with E-state index in [4.69, 9.17) is 10.5 Å². The molecule has 0 fully saturated rings. The lowest BCUT2D eigenvalue weighted by Gasteiger charge is -2.34. The van der Waals surface area contributed by atoms with Gasteiger partial charge in [0, 0.05) is 6.07 Å². The van der Waals surface area contributed by atoms with Gasteiger partial charge in [0.05, 0.1) is 22.2 Å². The Balaban J connectivity index is 2.48. The lowest BCUT2D eigenvalue weighted by Crippen LogP contribution is -2.41. The maximum Gasteiger partial charge on any atom is 0.275 e. The SMILES string of the molecule is CC1(C)COc2cc([N+](=O)[O-])cc(N)c2N1. The monoisotopic (exact) mass is 223 g/mol. The second-order valence-electron chi connectivity index (χ2n) is 4.46. The third-order valence-electron chi connectivity index (χ3n) is 2.38. The number of nitrogens with one attached hydrogen (secondary N) is 1. The number of nitro benzene ring substituents is 1. The van der Waals surface area contributed by atoms with Gasteiger partial charge in [-0.05, 0) is 13.8 Å². The number of benzene rings is 1. The molecule has 0 atom stereocenters. The maximum atomic E-state index is 10.6. The minimum absolute atomic E-state index is 0.0576. The van der Waals surface area contributed by atoms with Crippen molar-refractivity contribution in [2.24, 2.45) is 0 Å². The maximum absolute atomic E-state index is 10.6. The molecule has 3 N–H and O–H groups in total. The number of hydrogen-bond acceptors (Lipinski definition) is 5. The molecule has 1 aliphatic rings. The van der Waals surface area contributed by atoms with Gasteiger partial charge < -0.3 is 15.8 Å². The van der Waals surface area contributed by atoms with Crippen molar-refractivity contribution in [3.8, 4) is 5.75 Å². The van der Waals surface area contributed by atoms with Gasteiger partial charge in [-0.25, -0.2) is 0 Å². The summed E-state index contributed by atoms with van der Waals surface area (Å²) in [5, 5.41) is 13.8. The molecule has 2 rings (SSSR count). The summed E-state index contributed by atoms with van der Waals surface area (Å²) in [6, 6.07) is 2.71. The fourth-order valence-electron chi connectivity index (χ4n) is 1.61. The van der Waals surface area contributed by atoms with Crippen LogP contribution in [-0.2, 0) is 0 Å². The molecule has 0 radical (unpaired) electrons. The minimum atomic E-state index is -0.486. The summed E-state index contributed by atoms with van der Waals surface area (Å²) in [7, 11) is 0. The predicted molar refractivity (Wildman–Crippen MR) is 60.7 cm³/mol. The van der Waals surface area contributed by atoms with Crippen LogP contribution in [0.5, 0.6) is 5.75 Å². The standard InChI is InChI=1S/C10H13N3O3/c1-10(2)5-16-8-4-6(13(14)15)3-7(11)9(8)12-10/h3-4,12H,5,11H2,1-2H3. The highest BCUT2D eigenvalue weighted by Crippen LogP contribution is 2.40. The van der Waals surface area contributed by atoms with Gasteiger partial charge in [-0.2, -0.15) is 0 Å². The zero-order valence-electron chi connectivity index (χ0n) is 9.11. The van der Waals surface area contributed by atoms with Gasteiger partial charge in [0.25, 0.3) is 5.69 Å². The van der Waals surface area contributed by atoms with E-state index in [2.05, 4.69) is 5.32 Å². The van der Waals surface area contributed by atoms with E-state index >= 15 is 0 Å². The molecule has 86 valence electrons. The van der Waals surface area contributed by atoms with Gasteiger partial charge in [0.2, 0.25) is 0 Å². The number of rotatable bonds is 1. The highest BCUT2D eigenvalue weighted by molar-refractivity contribution is 5.78. The average Bonchev–Trinajstić information content (AvgIpc) is 2.18. The molecule has 1 aliphatic heterocycles. The fourth-order valence-corrected chi connectivity index (χ4v) is 1.61. The van der Waals surface area contributed by atoms with Crippen molar-refractivity contribution in [1.82, 2.24) is 0 Å². The van der Waals surface area contributed by atoms with Crippen LogP contribution < -0.4 is 15.8 Å². The lowest BCUT2D eigenvalue weighted by atomic mass is 10.0. The number of non-ortho nitro benzene ring substituents is 1. The molecular weight excluding hydrogens is 210 g/mol.